The van der Waals surface area contributed by atoms with Gasteiger partial charge in [-0.3, -0.25) is 14.9 Å². The highest BCUT2D eigenvalue weighted by atomic mass is 32.2. The van der Waals surface area contributed by atoms with E-state index in [-0.39, 0.29) is 36.4 Å². The topological polar surface area (TPSA) is 162 Å². The van der Waals surface area contributed by atoms with E-state index in [0.29, 0.717) is 0 Å². The molecule has 3 N–H and O–H groups in total. The maximum atomic E-state index is 13.0. The van der Waals surface area contributed by atoms with Crippen molar-refractivity contribution in [3.8, 4) is 0 Å². The number of rotatable bonds is 6. The highest BCUT2D eigenvalue weighted by Gasteiger charge is 2.35. The summed E-state index contributed by atoms with van der Waals surface area (Å²) in [6, 6.07) is 4.65. The van der Waals surface area contributed by atoms with Crippen molar-refractivity contribution in [1.82, 2.24) is 9.62 Å². The largest absolute Gasteiger partial charge is 0.465 e. The monoisotopic (exact) mass is 441 g/mol. The van der Waals surface area contributed by atoms with Crippen LogP contribution in [0.3, 0.4) is 0 Å². The number of sulfonamides is 1. The average Bonchev–Trinajstić information content (AvgIpc) is 2.72. The molecular formula is C18H23N3O8S. The summed E-state index contributed by atoms with van der Waals surface area (Å²) in [5.41, 5.74) is 4.77. The lowest BCUT2D eigenvalue weighted by atomic mass is 9.98. The molecule has 0 spiro atoms. The van der Waals surface area contributed by atoms with Gasteiger partial charge in [-0.2, -0.15) is 4.31 Å². The Morgan fingerprint density at radius 2 is 1.77 bits per heavy atom. The molecule has 1 aromatic rings. The van der Waals surface area contributed by atoms with E-state index in [0.717, 1.165) is 7.11 Å². The first-order chi connectivity index (χ1) is 14.1. The fourth-order valence-corrected chi connectivity index (χ4v) is 4.64. The van der Waals surface area contributed by atoms with Gasteiger partial charge >= 0.3 is 18.0 Å². The van der Waals surface area contributed by atoms with Gasteiger partial charge in [-0.25, -0.2) is 18.0 Å². The van der Waals surface area contributed by atoms with Gasteiger partial charge in [-0.1, -0.05) is 12.1 Å². The lowest BCUT2D eigenvalue weighted by molar-refractivity contribution is -0.159. The van der Waals surface area contributed by atoms with Crippen LogP contribution in [0.4, 0.5) is 4.79 Å². The molecular weight excluding hydrogens is 418 g/mol. The number of nitrogens with zero attached hydrogens (tertiary/aromatic N) is 1. The van der Waals surface area contributed by atoms with E-state index in [1.807, 2.05) is 5.32 Å². The molecule has 0 saturated carbocycles. The van der Waals surface area contributed by atoms with Gasteiger partial charge in [0.05, 0.1) is 23.5 Å². The molecule has 1 atom stereocenters. The fourth-order valence-electron chi connectivity index (χ4n) is 2.99. The Morgan fingerprint density at radius 3 is 2.33 bits per heavy atom. The number of nitrogens with one attached hydrogen (secondary N) is 1. The summed E-state index contributed by atoms with van der Waals surface area (Å²) >= 11 is 0. The number of urea groups is 1. The minimum Gasteiger partial charge on any atom is -0.465 e. The van der Waals surface area contributed by atoms with Crippen molar-refractivity contribution in [2.24, 2.45) is 11.7 Å². The van der Waals surface area contributed by atoms with E-state index in [9.17, 15) is 27.6 Å². The van der Waals surface area contributed by atoms with E-state index < -0.39 is 45.9 Å². The summed E-state index contributed by atoms with van der Waals surface area (Å²) in [7, 11) is -2.82. The molecule has 0 aromatic heterocycles. The lowest BCUT2D eigenvalue weighted by Gasteiger charge is -2.30. The van der Waals surface area contributed by atoms with Crippen molar-refractivity contribution in [3.63, 3.8) is 0 Å². The number of primary amides is 1. The third-order valence-corrected chi connectivity index (χ3v) is 6.56. The van der Waals surface area contributed by atoms with Crippen LogP contribution < -0.4 is 11.1 Å². The smallest absolute Gasteiger partial charge is 0.339 e. The maximum Gasteiger partial charge on any atom is 0.339 e. The zero-order valence-electron chi connectivity index (χ0n) is 16.5. The molecule has 1 saturated heterocycles. The van der Waals surface area contributed by atoms with Crippen molar-refractivity contribution in [3.05, 3.63) is 29.8 Å². The van der Waals surface area contributed by atoms with Gasteiger partial charge in [0.25, 0.3) is 5.91 Å². The molecule has 12 heteroatoms. The second kappa shape index (κ2) is 9.67. The summed E-state index contributed by atoms with van der Waals surface area (Å²) in [6.07, 6.45) is -0.885. The molecule has 1 aliphatic rings. The summed E-state index contributed by atoms with van der Waals surface area (Å²) in [6.45, 7) is 1.35. The van der Waals surface area contributed by atoms with Gasteiger partial charge in [0.15, 0.2) is 6.10 Å². The Morgan fingerprint density at radius 1 is 1.17 bits per heavy atom. The van der Waals surface area contributed by atoms with Gasteiger partial charge in [0.1, 0.15) is 0 Å². The third kappa shape index (κ3) is 5.33. The molecule has 30 heavy (non-hydrogen) atoms. The second-order valence-corrected chi connectivity index (χ2v) is 8.51. The van der Waals surface area contributed by atoms with Crippen molar-refractivity contribution < 1.29 is 37.1 Å². The second-order valence-electron chi connectivity index (χ2n) is 6.60. The quantitative estimate of drug-likeness (QED) is 0.583. The van der Waals surface area contributed by atoms with Crippen LogP contribution in [0.15, 0.2) is 29.2 Å². The van der Waals surface area contributed by atoms with Crippen LogP contribution in [0.5, 0.6) is 0 Å². The van der Waals surface area contributed by atoms with E-state index in [1.165, 1.54) is 35.5 Å². The average molecular weight is 441 g/mol. The number of piperidine rings is 1. The predicted octanol–water partition coefficient (Wildman–Crippen LogP) is 0.000500. The first-order valence-electron chi connectivity index (χ1n) is 9.06. The molecule has 1 aliphatic heterocycles. The van der Waals surface area contributed by atoms with Crippen LogP contribution in [0.1, 0.15) is 30.1 Å². The van der Waals surface area contributed by atoms with Crippen molar-refractivity contribution in [2.75, 3.05) is 20.2 Å². The molecule has 11 nitrogen and oxygen atoms in total. The number of hydrogen-bond donors (Lipinski definition) is 2. The van der Waals surface area contributed by atoms with Gasteiger partial charge in [0, 0.05) is 13.1 Å². The lowest BCUT2D eigenvalue weighted by Crippen LogP contribution is -2.44. The summed E-state index contributed by atoms with van der Waals surface area (Å²) in [5, 5.41) is 1.81. The summed E-state index contributed by atoms with van der Waals surface area (Å²) in [5.74, 6) is -2.91. The van der Waals surface area contributed by atoms with Crippen molar-refractivity contribution in [2.45, 2.75) is 30.8 Å². The maximum absolute atomic E-state index is 13.0. The summed E-state index contributed by atoms with van der Waals surface area (Å²) < 4.78 is 36.8. The first kappa shape index (κ1) is 23.3. The number of esters is 2. The van der Waals surface area contributed by atoms with E-state index in [4.69, 9.17) is 10.5 Å². The number of imide groups is 1. The molecule has 0 radical (unpaired) electrons. The molecule has 3 amide bonds. The van der Waals surface area contributed by atoms with Crippen LogP contribution in [-0.4, -0.2) is 62.9 Å². The molecule has 0 bridgehead atoms. The predicted molar refractivity (Wildman–Crippen MR) is 103 cm³/mol. The molecule has 164 valence electrons. The minimum absolute atomic E-state index is 0.0273. The van der Waals surface area contributed by atoms with Gasteiger partial charge in [0.2, 0.25) is 10.0 Å². The Kier molecular flexibility index (Phi) is 7.51. The number of nitrogens with two attached hydrogens (primary N) is 1. The van der Waals surface area contributed by atoms with Crippen LogP contribution in [-0.2, 0) is 29.1 Å². The molecule has 0 aliphatic carbocycles. The molecule has 1 aromatic carbocycles. The normalized spacial score (nSPS) is 16.3. The number of amides is 3. The number of ether oxygens (including phenoxy) is 2. The number of carbonyl (C=O) groups is 4. The van der Waals surface area contributed by atoms with Crippen LogP contribution in [0, 0.1) is 5.92 Å². The van der Waals surface area contributed by atoms with E-state index in [2.05, 4.69) is 4.74 Å². The molecule has 1 heterocycles. The highest BCUT2D eigenvalue weighted by Crippen LogP contribution is 2.27. The molecule has 2 rings (SSSR count). The minimum atomic E-state index is -3.98. The number of hydrogen-bond acceptors (Lipinski definition) is 8. The Hall–Kier alpha value is -2.99. The zero-order chi connectivity index (χ0) is 22.5. The molecule has 0 unspecified atom stereocenters. The van der Waals surface area contributed by atoms with Crippen molar-refractivity contribution in [1.29, 1.82) is 0 Å². The first-order valence-corrected chi connectivity index (χ1v) is 10.5. The van der Waals surface area contributed by atoms with Gasteiger partial charge in [-0.15, -0.1) is 0 Å². The zero-order valence-corrected chi connectivity index (χ0v) is 17.3. The Bertz CT molecular complexity index is 939. The van der Waals surface area contributed by atoms with Crippen LogP contribution in [0.2, 0.25) is 0 Å². The van der Waals surface area contributed by atoms with Crippen molar-refractivity contribution >= 4 is 33.9 Å². The fraction of sp³-hybridized carbons (Fsp3) is 0.444. The van der Waals surface area contributed by atoms with E-state index in [1.54, 1.807) is 0 Å². The van der Waals surface area contributed by atoms with Gasteiger partial charge in [-0.05, 0) is 31.9 Å². The molecule has 1 fully saturated rings. The Labute approximate surface area is 173 Å². The van der Waals surface area contributed by atoms with Gasteiger partial charge < -0.3 is 15.2 Å². The Balaban J connectivity index is 2.03. The highest BCUT2D eigenvalue weighted by molar-refractivity contribution is 7.89. The van der Waals surface area contributed by atoms with Crippen LogP contribution in [0.25, 0.3) is 0 Å². The van der Waals surface area contributed by atoms with Crippen LogP contribution >= 0.6 is 0 Å². The van der Waals surface area contributed by atoms with E-state index >= 15 is 0 Å². The summed E-state index contributed by atoms with van der Waals surface area (Å²) in [4.78, 5) is 46.3. The standard InChI is InChI=1S/C18H23N3O8S/c1-11(15(22)20-18(19)25)29-16(23)12-7-9-21(10-8-12)30(26,27)14-6-4-3-5-13(14)17(24)28-2/h3-6,11-12H,7-10H2,1-2H3,(H3,19,20,22,25)/t11-/m0/s1. The SMILES string of the molecule is COC(=O)c1ccccc1S(=O)(=O)N1CCC(C(=O)O[C@@H](C)C(=O)NC(N)=O)CC1. The number of carbonyl (C=O) groups excluding carboxylic acids is 4. The number of benzene rings is 1. The number of methoxy groups -OCH3 is 1. The third-order valence-electron chi connectivity index (χ3n) is 4.61.